The molecule has 33 heavy (non-hydrogen) atoms. The fourth-order valence-electron chi connectivity index (χ4n) is 4.29. The van der Waals surface area contributed by atoms with E-state index >= 15 is 0 Å². The Bertz CT molecular complexity index is 1030. The lowest BCUT2D eigenvalue weighted by atomic mass is 9.97. The van der Waals surface area contributed by atoms with Crippen LogP contribution in [0.1, 0.15) is 46.8 Å². The summed E-state index contributed by atoms with van der Waals surface area (Å²) in [6.45, 7) is 4.96. The van der Waals surface area contributed by atoms with Crippen molar-refractivity contribution in [3.05, 3.63) is 64.7 Å². The number of rotatable bonds is 5. The van der Waals surface area contributed by atoms with E-state index in [2.05, 4.69) is 4.90 Å². The molecule has 2 aliphatic rings. The highest BCUT2D eigenvalue weighted by molar-refractivity contribution is 5.89. The second-order valence-corrected chi connectivity index (χ2v) is 8.65. The Labute approximate surface area is 194 Å². The minimum atomic E-state index is -0.369. The number of carbonyl (C=O) groups excluding carboxylic acids is 1. The summed E-state index contributed by atoms with van der Waals surface area (Å²) in [5, 5.41) is 15.4. The van der Waals surface area contributed by atoms with Crippen LogP contribution >= 0.6 is 0 Å². The Morgan fingerprint density at radius 3 is 2.42 bits per heavy atom. The fraction of sp³-hybridized carbons (Fsp3) is 0.400. The monoisotopic (exact) mass is 449 g/mol. The summed E-state index contributed by atoms with van der Waals surface area (Å²) in [6.07, 6.45) is 2.77. The number of likely N-dealkylation sites (tertiary alicyclic amines) is 1. The maximum atomic E-state index is 12.6. The number of nitrogens with two attached hydrogens (primary N) is 1. The fourth-order valence-corrected chi connectivity index (χ4v) is 4.29. The number of nitrogens with one attached hydrogen (secondary N) is 2. The second-order valence-electron chi connectivity index (χ2n) is 8.65. The van der Waals surface area contributed by atoms with Gasteiger partial charge in [-0.15, -0.1) is 0 Å². The first kappa shape index (κ1) is 22.6. The number of benzene rings is 2. The van der Waals surface area contributed by atoms with Gasteiger partial charge in [0.05, 0.1) is 11.4 Å². The summed E-state index contributed by atoms with van der Waals surface area (Å²) in [5.74, 6) is 1.10. The van der Waals surface area contributed by atoms with Crippen molar-refractivity contribution in [3.63, 3.8) is 0 Å². The smallest absolute Gasteiger partial charge is 0.338 e. The van der Waals surface area contributed by atoms with Crippen LogP contribution in [0.25, 0.3) is 0 Å². The molecule has 2 aromatic carbocycles. The van der Waals surface area contributed by atoms with E-state index in [0.29, 0.717) is 24.5 Å². The Balaban J connectivity index is 1.28. The van der Waals surface area contributed by atoms with Crippen LogP contribution in [0.2, 0.25) is 0 Å². The molecule has 0 aliphatic carbocycles. The first-order chi connectivity index (χ1) is 15.9. The molecule has 4 N–H and O–H groups in total. The molecular weight excluding hydrogens is 418 g/mol. The molecule has 0 amide bonds. The molecule has 0 bridgehead atoms. The van der Waals surface area contributed by atoms with Gasteiger partial charge in [0.15, 0.2) is 5.96 Å². The number of hydrogen-bond acceptors (Lipinski definition) is 5. The lowest BCUT2D eigenvalue weighted by Crippen LogP contribution is -2.40. The van der Waals surface area contributed by atoms with E-state index < -0.39 is 0 Å². The van der Waals surface area contributed by atoms with E-state index in [0.717, 1.165) is 49.2 Å². The highest BCUT2D eigenvalue weighted by atomic mass is 16.5. The molecular formula is C25H31N5O3. The number of nitrogens with zero attached hydrogens (tertiary/aromatic N) is 2. The number of ether oxygens (including phenoxy) is 2. The number of fused-ring (bicyclic) bond motifs is 1. The average molecular weight is 450 g/mol. The molecule has 1 saturated heterocycles. The Morgan fingerprint density at radius 2 is 1.76 bits per heavy atom. The molecule has 0 unspecified atom stereocenters. The van der Waals surface area contributed by atoms with E-state index in [9.17, 15) is 4.79 Å². The van der Waals surface area contributed by atoms with Crippen molar-refractivity contribution >= 4 is 17.8 Å². The molecule has 0 radical (unpaired) electrons. The summed E-state index contributed by atoms with van der Waals surface area (Å²) >= 11 is 0. The summed E-state index contributed by atoms with van der Waals surface area (Å²) in [6, 6.07) is 13.2. The summed E-state index contributed by atoms with van der Waals surface area (Å²) in [7, 11) is 0. The molecule has 2 aliphatic heterocycles. The second kappa shape index (κ2) is 9.94. The van der Waals surface area contributed by atoms with Crippen molar-refractivity contribution in [1.29, 1.82) is 10.8 Å². The Morgan fingerprint density at radius 1 is 1.03 bits per heavy atom. The summed E-state index contributed by atoms with van der Waals surface area (Å²) < 4.78 is 11.6. The maximum Gasteiger partial charge on any atom is 0.338 e. The third kappa shape index (κ3) is 5.63. The normalized spacial score (nSPS) is 16.2. The number of piperidine rings is 1. The molecule has 4 rings (SSSR count). The number of amidine groups is 1. The van der Waals surface area contributed by atoms with Gasteiger partial charge in [0.25, 0.3) is 0 Å². The van der Waals surface area contributed by atoms with Gasteiger partial charge in [0.1, 0.15) is 18.5 Å². The van der Waals surface area contributed by atoms with Crippen LogP contribution in [0.4, 0.5) is 0 Å². The van der Waals surface area contributed by atoms with Crippen molar-refractivity contribution in [2.24, 2.45) is 5.73 Å². The highest BCUT2D eigenvalue weighted by Gasteiger charge is 2.21. The Kier molecular flexibility index (Phi) is 6.82. The van der Waals surface area contributed by atoms with Gasteiger partial charge in [-0.1, -0.05) is 18.2 Å². The van der Waals surface area contributed by atoms with Gasteiger partial charge in [0.2, 0.25) is 0 Å². The molecule has 0 saturated carbocycles. The van der Waals surface area contributed by atoms with E-state index in [1.807, 2.05) is 43.3 Å². The largest absolute Gasteiger partial charge is 0.490 e. The number of guanidine groups is 1. The van der Waals surface area contributed by atoms with Crippen LogP contribution in [-0.4, -0.2) is 53.3 Å². The van der Waals surface area contributed by atoms with Crippen molar-refractivity contribution in [2.45, 2.75) is 45.4 Å². The molecule has 1 fully saturated rings. The lowest BCUT2D eigenvalue weighted by Gasteiger charge is -2.32. The molecule has 174 valence electrons. The van der Waals surface area contributed by atoms with Crippen LogP contribution in [0.15, 0.2) is 42.5 Å². The molecule has 0 atom stereocenters. The topological polar surface area (TPSA) is 116 Å². The summed E-state index contributed by atoms with van der Waals surface area (Å²) in [4.78, 5) is 16.4. The van der Waals surface area contributed by atoms with Gasteiger partial charge in [0, 0.05) is 39.0 Å². The molecule has 8 nitrogen and oxygen atoms in total. The zero-order chi connectivity index (χ0) is 23.4. The van der Waals surface area contributed by atoms with Crippen molar-refractivity contribution in [3.8, 4) is 5.75 Å². The van der Waals surface area contributed by atoms with E-state index in [-0.39, 0.29) is 24.6 Å². The first-order valence-corrected chi connectivity index (χ1v) is 11.3. The molecule has 2 heterocycles. The summed E-state index contributed by atoms with van der Waals surface area (Å²) in [5.41, 5.74) is 9.20. The highest BCUT2D eigenvalue weighted by Crippen LogP contribution is 2.22. The predicted octanol–water partition coefficient (Wildman–Crippen LogP) is 3.14. The van der Waals surface area contributed by atoms with Crippen LogP contribution in [0.5, 0.6) is 5.75 Å². The van der Waals surface area contributed by atoms with Gasteiger partial charge in [-0.2, -0.15) is 0 Å². The zero-order valence-corrected chi connectivity index (χ0v) is 19.0. The molecule has 2 aromatic rings. The van der Waals surface area contributed by atoms with Gasteiger partial charge >= 0.3 is 5.97 Å². The minimum Gasteiger partial charge on any atom is -0.490 e. The van der Waals surface area contributed by atoms with E-state index in [4.69, 9.17) is 26.0 Å². The van der Waals surface area contributed by atoms with Crippen LogP contribution in [0.3, 0.4) is 0 Å². The molecule has 0 spiro atoms. The van der Waals surface area contributed by atoms with Crippen LogP contribution < -0.4 is 10.5 Å². The van der Waals surface area contributed by atoms with Crippen molar-refractivity contribution in [2.75, 3.05) is 19.6 Å². The maximum absolute atomic E-state index is 12.6. The van der Waals surface area contributed by atoms with Crippen LogP contribution in [-0.2, 0) is 24.3 Å². The van der Waals surface area contributed by atoms with Gasteiger partial charge in [-0.05, 0) is 54.3 Å². The third-order valence-corrected chi connectivity index (χ3v) is 6.31. The van der Waals surface area contributed by atoms with Gasteiger partial charge in [-0.3, -0.25) is 10.8 Å². The number of hydrogen-bond donors (Lipinski definition) is 3. The lowest BCUT2D eigenvalue weighted by molar-refractivity contribution is 0.0472. The van der Waals surface area contributed by atoms with Crippen LogP contribution in [0, 0.1) is 10.8 Å². The van der Waals surface area contributed by atoms with E-state index in [1.165, 1.54) is 5.56 Å². The standard InChI is InChI=1S/C25H31N5O3/c1-17(26)29-12-9-23(10-13-29)33-22-6-2-18(3-7-22)16-32-24(31)20-5-4-19-8-11-30(25(27)28)15-21(19)14-20/h2-7,14,23,26H,8-13,15-16H2,1H3,(H3,27,28). The number of carbonyl (C=O) groups is 1. The zero-order valence-electron chi connectivity index (χ0n) is 19.0. The van der Waals surface area contributed by atoms with Gasteiger partial charge < -0.3 is 25.0 Å². The van der Waals surface area contributed by atoms with Crippen molar-refractivity contribution < 1.29 is 14.3 Å². The third-order valence-electron chi connectivity index (χ3n) is 6.31. The van der Waals surface area contributed by atoms with Crippen molar-refractivity contribution in [1.82, 2.24) is 9.80 Å². The molecule has 8 heteroatoms. The predicted molar refractivity (Wildman–Crippen MR) is 127 cm³/mol. The van der Waals surface area contributed by atoms with E-state index in [1.54, 1.807) is 11.0 Å². The van der Waals surface area contributed by atoms with Gasteiger partial charge in [-0.25, -0.2) is 4.79 Å². The average Bonchev–Trinajstić information content (AvgIpc) is 2.83. The Hall–Kier alpha value is -3.55. The minimum absolute atomic E-state index is 0.0491. The SMILES string of the molecule is CC(=N)N1CCC(Oc2ccc(COC(=O)c3ccc4c(c3)CN(C(=N)N)CC4)cc2)CC1. The number of esters is 1. The quantitative estimate of drug-likeness (QED) is 0.367. The molecule has 0 aromatic heterocycles. The first-order valence-electron chi connectivity index (χ1n) is 11.3.